The standard InChI is InChI=1S/C24H25F3N4O2/c25-20-14-18(21-15-22(23(26)27)29-28-21)6-7-19(20)16-31(9-8-17-4-2-1-3-5-17)24(32)30-10-12-33-13-11-30/h1-7,14,23H,8-13,15-16H2. The Balaban J connectivity index is 1.48. The van der Waals surface area contributed by atoms with Gasteiger partial charge in [0, 0.05) is 37.2 Å². The fourth-order valence-corrected chi connectivity index (χ4v) is 3.81. The van der Waals surface area contributed by atoms with Gasteiger partial charge in [0.25, 0.3) is 6.43 Å². The smallest absolute Gasteiger partial charge is 0.320 e. The predicted molar refractivity (Wildman–Crippen MR) is 119 cm³/mol. The number of urea groups is 1. The van der Waals surface area contributed by atoms with Gasteiger partial charge in [-0.05, 0) is 18.1 Å². The van der Waals surface area contributed by atoms with E-state index in [1.54, 1.807) is 21.9 Å². The maximum absolute atomic E-state index is 15.0. The number of amides is 2. The van der Waals surface area contributed by atoms with E-state index in [1.165, 1.54) is 6.07 Å². The average Bonchev–Trinajstić information content (AvgIpc) is 3.34. The third kappa shape index (κ3) is 5.78. The van der Waals surface area contributed by atoms with Crippen molar-refractivity contribution in [1.82, 2.24) is 9.80 Å². The molecule has 33 heavy (non-hydrogen) atoms. The van der Waals surface area contributed by atoms with Gasteiger partial charge >= 0.3 is 6.03 Å². The molecule has 0 bridgehead atoms. The Morgan fingerprint density at radius 3 is 2.52 bits per heavy atom. The van der Waals surface area contributed by atoms with Crippen molar-refractivity contribution in [3.63, 3.8) is 0 Å². The van der Waals surface area contributed by atoms with Gasteiger partial charge in [0.05, 0.1) is 25.5 Å². The van der Waals surface area contributed by atoms with E-state index >= 15 is 0 Å². The summed E-state index contributed by atoms with van der Waals surface area (Å²) in [6.07, 6.45) is -2.14. The normalized spacial score (nSPS) is 16.1. The van der Waals surface area contributed by atoms with Gasteiger partial charge < -0.3 is 14.5 Å². The number of alkyl halides is 2. The van der Waals surface area contributed by atoms with Crippen LogP contribution < -0.4 is 0 Å². The lowest BCUT2D eigenvalue weighted by atomic mass is 10.0. The molecule has 0 saturated carbocycles. The molecule has 0 atom stereocenters. The van der Waals surface area contributed by atoms with Crippen LogP contribution in [0.2, 0.25) is 0 Å². The number of hydrogen-bond acceptors (Lipinski definition) is 4. The molecule has 4 rings (SSSR count). The van der Waals surface area contributed by atoms with Crippen LogP contribution in [-0.4, -0.2) is 66.5 Å². The SMILES string of the molecule is O=C(N1CCOCC1)N(CCc1ccccc1)Cc1ccc(C2=NN=C(C(F)F)C2)cc1F. The molecular weight excluding hydrogens is 433 g/mol. The first-order chi connectivity index (χ1) is 16.0. The van der Waals surface area contributed by atoms with Crippen molar-refractivity contribution in [2.24, 2.45) is 10.2 Å². The van der Waals surface area contributed by atoms with Gasteiger partial charge in [-0.15, -0.1) is 0 Å². The lowest BCUT2D eigenvalue weighted by molar-refractivity contribution is 0.0426. The second kappa shape index (κ2) is 10.6. The zero-order valence-electron chi connectivity index (χ0n) is 18.1. The largest absolute Gasteiger partial charge is 0.378 e. The van der Waals surface area contributed by atoms with E-state index in [0.29, 0.717) is 56.1 Å². The van der Waals surface area contributed by atoms with Crippen molar-refractivity contribution in [2.75, 3.05) is 32.8 Å². The second-order valence-electron chi connectivity index (χ2n) is 7.96. The number of morpholine rings is 1. The summed E-state index contributed by atoms with van der Waals surface area (Å²) in [5, 5.41) is 7.25. The van der Waals surface area contributed by atoms with Crippen molar-refractivity contribution < 1.29 is 22.7 Å². The summed E-state index contributed by atoms with van der Waals surface area (Å²) in [7, 11) is 0. The van der Waals surface area contributed by atoms with E-state index in [4.69, 9.17) is 4.74 Å². The summed E-state index contributed by atoms with van der Waals surface area (Å²) >= 11 is 0. The molecule has 6 nitrogen and oxygen atoms in total. The van der Waals surface area contributed by atoms with Crippen LogP contribution in [0.25, 0.3) is 0 Å². The Morgan fingerprint density at radius 2 is 1.85 bits per heavy atom. The van der Waals surface area contributed by atoms with E-state index in [-0.39, 0.29) is 24.7 Å². The molecule has 0 radical (unpaired) electrons. The van der Waals surface area contributed by atoms with Crippen LogP contribution in [0.5, 0.6) is 0 Å². The first-order valence-electron chi connectivity index (χ1n) is 10.9. The highest BCUT2D eigenvalue weighted by Crippen LogP contribution is 2.20. The van der Waals surface area contributed by atoms with E-state index in [1.807, 2.05) is 30.3 Å². The molecule has 2 amide bonds. The molecule has 1 fully saturated rings. The van der Waals surface area contributed by atoms with Gasteiger partial charge in [-0.25, -0.2) is 18.0 Å². The molecule has 2 aromatic rings. The molecule has 2 heterocycles. The zero-order chi connectivity index (χ0) is 23.2. The Morgan fingerprint density at radius 1 is 1.09 bits per heavy atom. The fourth-order valence-electron chi connectivity index (χ4n) is 3.81. The van der Waals surface area contributed by atoms with Crippen molar-refractivity contribution in [1.29, 1.82) is 0 Å². The molecule has 2 aliphatic rings. The van der Waals surface area contributed by atoms with Crippen LogP contribution in [0.3, 0.4) is 0 Å². The molecule has 2 aliphatic heterocycles. The van der Waals surface area contributed by atoms with Crippen LogP contribution in [0.15, 0.2) is 58.7 Å². The van der Waals surface area contributed by atoms with Gasteiger partial charge in [-0.3, -0.25) is 0 Å². The lowest BCUT2D eigenvalue weighted by Gasteiger charge is -2.33. The topological polar surface area (TPSA) is 57.5 Å². The number of carbonyl (C=O) groups is 1. The first kappa shape index (κ1) is 23.0. The minimum Gasteiger partial charge on any atom is -0.378 e. The van der Waals surface area contributed by atoms with Gasteiger partial charge in [0.1, 0.15) is 11.5 Å². The third-order valence-electron chi connectivity index (χ3n) is 5.71. The molecular formula is C24H25F3N4O2. The third-order valence-corrected chi connectivity index (χ3v) is 5.71. The van der Waals surface area contributed by atoms with Crippen LogP contribution in [0, 0.1) is 5.82 Å². The number of benzene rings is 2. The maximum atomic E-state index is 15.0. The van der Waals surface area contributed by atoms with Gasteiger partial charge in [-0.1, -0.05) is 42.5 Å². The minimum absolute atomic E-state index is 0.0976. The summed E-state index contributed by atoms with van der Waals surface area (Å²) in [6.45, 7) is 2.47. The number of rotatable bonds is 7. The van der Waals surface area contributed by atoms with Gasteiger partial charge in [-0.2, -0.15) is 10.2 Å². The zero-order valence-corrected chi connectivity index (χ0v) is 18.1. The summed E-state index contributed by atoms with van der Waals surface area (Å²) in [6, 6.07) is 14.1. The number of halogens is 3. The van der Waals surface area contributed by atoms with Crippen LogP contribution in [0.1, 0.15) is 23.1 Å². The summed E-state index contributed by atoms with van der Waals surface area (Å²) in [4.78, 5) is 16.5. The maximum Gasteiger partial charge on any atom is 0.320 e. The number of ether oxygens (including phenoxy) is 1. The van der Waals surface area contributed by atoms with E-state index in [0.717, 1.165) is 5.56 Å². The molecule has 0 N–H and O–H groups in total. The first-order valence-corrected chi connectivity index (χ1v) is 10.9. The highest BCUT2D eigenvalue weighted by Gasteiger charge is 2.25. The number of hydrogen-bond donors (Lipinski definition) is 0. The van der Waals surface area contributed by atoms with Crippen LogP contribution in [-0.2, 0) is 17.7 Å². The quantitative estimate of drug-likeness (QED) is 0.626. The second-order valence-corrected chi connectivity index (χ2v) is 7.96. The van der Waals surface area contributed by atoms with E-state index in [9.17, 15) is 18.0 Å². The summed E-state index contributed by atoms with van der Waals surface area (Å²) in [5.41, 5.74) is 1.83. The number of nitrogens with zero attached hydrogens (tertiary/aromatic N) is 4. The van der Waals surface area contributed by atoms with Gasteiger partial charge in [0.15, 0.2) is 0 Å². The molecule has 0 aromatic heterocycles. The van der Waals surface area contributed by atoms with E-state index in [2.05, 4.69) is 10.2 Å². The predicted octanol–water partition coefficient (Wildman–Crippen LogP) is 4.14. The molecule has 9 heteroatoms. The van der Waals surface area contributed by atoms with E-state index < -0.39 is 12.2 Å². The highest BCUT2D eigenvalue weighted by atomic mass is 19.3. The Labute approximate surface area is 190 Å². The monoisotopic (exact) mass is 458 g/mol. The van der Waals surface area contributed by atoms with Gasteiger partial charge in [0.2, 0.25) is 0 Å². The molecule has 2 aromatic carbocycles. The Hall–Kier alpha value is -3.20. The minimum atomic E-state index is -2.68. The molecule has 0 spiro atoms. The lowest BCUT2D eigenvalue weighted by Crippen LogP contribution is -2.48. The Kier molecular flexibility index (Phi) is 7.39. The fraction of sp³-hybridized carbons (Fsp3) is 0.375. The summed E-state index contributed by atoms with van der Waals surface area (Å²) < 4.78 is 45.9. The molecule has 0 aliphatic carbocycles. The Bertz CT molecular complexity index is 1040. The van der Waals surface area contributed by atoms with Crippen molar-refractivity contribution in [3.05, 3.63) is 71.0 Å². The van der Waals surface area contributed by atoms with Crippen LogP contribution in [0.4, 0.5) is 18.0 Å². The number of carbonyl (C=O) groups excluding carboxylic acids is 1. The molecule has 0 unspecified atom stereocenters. The van der Waals surface area contributed by atoms with Crippen LogP contribution >= 0.6 is 0 Å². The summed E-state index contributed by atoms with van der Waals surface area (Å²) in [5.74, 6) is -0.514. The van der Waals surface area contributed by atoms with Crippen molar-refractivity contribution in [3.8, 4) is 0 Å². The van der Waals surface area contributed by atoms with Crippen molar-refractivity contribution >= 4 is 17.5 Å². The average molecular weight is 458 g/mol. The molecule has 1 saturated heterocycles. The van der Waals surface area contributed by atoms with Crippen molar-refractivity contribution in [2.45, 2.75) is 25.8 Å². The highest BCUT2D eigenvalue weighted by molar-refractivity contribution is 6.15. The molecule has 174 valence electrons.